The molecule has 25 heavy (non-hydrogen) atoms. The van der Waals surface area contributed by atoms with E-state index in [1.807, 2.05) is 12.1 Å². The van der Waals surface area contributed by atoms with Crippen LogP contribution in [-0.2, 0) is 4.79 Å². The van der Waals surface area contributed by atoms with Gasteiger partial charge in [-0.3, -0.25) is 4.79 Å². The maximum atomic E-state index is 13.8. The van der Waals surface area contributed by atoms with Crippen LogP contribution in [0.2, 0.25) is 0 Å². The minimum Gasteiger partial charge on any atom is -0.497 e. The molecule has 0 aromatic heterocycles. The third-order valence-electron chi connectivity index (χ3n) is 3.84. The van der Waals surface area contributed by atoms with Crippen molar-refractivity contribution in [1.82, 2.24) is 5.32 Å². The first-order chi connectivity index (χ1) is 12.1. The number of hydrogen-bond donors (Lipinski definition) is 2. The number of carbonyl (C=O) groups is 1. The lowest BCUT2D eigenvalue weighted by Gasteiger charge is -2.22. The molecular weight excluding hydrogens is 323 g/mol. The number of ether oxygens (including phenoxy) is 2. The summed E-state index contributed by atoms with van der Waals surface area (Å²) in [6, 6.07) is 10.9. The number of hydrogen-bond acceptors (Lipinski definition) is 4. The molecule has 0 heterocycles. The molecule has 0 aliphatic heterocycles. The van der Waals surface area contributed by atoms with Gasteiger partial charge in [0.05, 0.1) is 20.3 Å². The standard InChI is InChI=1S/C19H23FN2O3/c1-24-15-6-3-5-13(11-15)19(22-18(23)7-4-10-21)16-12-14(20)8-9-17(16)25-2/h3,5-6,8-9,11-12,19H,4,7,10,21H2,1-2H3,(H,22,23). The van der Waals surface area contributed by atoms with Crippen molar-refractivity contribution in [2.75, 3.05) is 20.8 Å². The van der Waals surface area contributed by atoms with Crippen molar-refractivity contribution in [3.05, 3.63) is 59.4 Å². The van der Waals surface area contributed by atoms with Crippen LogP contribution in [0, 0.1) is 5.82 Å². The summed E-state index contributed by atoms with van der Waals surface area (Å²) in [5.41, 5.74) is 6.77. The first kappa shape index (κ1) is 18.7. The Labute approximate surface area is 146 Å². The highest BCUT2D eigenvalue weighted by atomic mass is 19.1. The molecule has 0 aliphatic carbocycles. The zero-order valence-corrected chi connectivity index (χ0v) is 14.4. The lowest BCUT2D eigenvalue weighted by Crippen LogP contribution is -2.30. The maximum Gasteiger partial charge on any atom is 0.220 e. The van der Waals surface area contributed by atoms with Gasteiger partial charge in [-0.2, -0.15) is 0 Å². The number of nitrogens with one attached hydrogen (secondary N) is 1. The molecule has 1 amide bonds. The maximum absolute atomic E-state index is 13.8. The molecule has 1 atom stereocenters. The summed E-state index contributed by atoms with van der Waals surface area (Å²) in [5, 5.41) is 2.94. The lowest BCUT2D eigenvalue weighted by molar-refractivity contribution is -0.121. The van der Waals surface area contributed by atoms with Gasteiger partial charge in [-0.25, -0.2) is 4.39 Å². The minimum absolute atomic E-state index is 0.162. The number of halogens is 1. The van der Waals surface area contributed by atoms with E-state index in [4.69, 9.17) is 15.2 Å². The fourth-order valence-corrected chi connectivity index (χ4v) is 2.59. The van der Waals surface area contributed by atoms with Crippen LogP contribution in [-0.4, -0.2) is 26.7 Å². The Morgan fingerprint density at radius 2 is 2.00 bits per heavy atom. The first-order valence-electron chi connectivity index (χ1n) is 8.06. The average molecular weight is 346 g/mol. The highest BCUT2D eigenvalue weighted by molar-refractivity contribution is 5.77. The Morgan fingerprint density at radius 3 is 2.68 bits per heavy atom. The second-order valence-electron chi connectivity index (χ2n) is 5.56. The summed E-state index contributed by atoms with van der Waals surface area (Å²) in [4.78, 5) is 12.3. The van der Waals surface area contributed by atoms with Crippen molar-refractivity contribution < 1.29 is 18.7 Å². The number of amides is 1. The van der Waals surface area contributed by atoms with E-state index in [1.165, 1.54) is 19.2 Å². The molecule has 2 aromatic carbocycles. The Bertz CT molecular complexity index is 722. The van der Waals surface area contributed by atoms with Crippen LogP contribution in [0.15, 0.2) is 42.5 Å². The van der Waals surface area contributed by atoms with Crippen LogP contribution < -0.4 is 20.5 Å². The summed E-state index contributed by atoms with van der Waals surface area (Å²) in [6.45, 7) is 0.431. The third-order valence-corrected chi connectivity index (χ3v) is 3.84. The summed E-state index contributed by atoms with van der Waals surface area (Å²) >= 11 is 0. The van der Waals surface area contributed by atoms with Crippen LogP contribution in [0.1, 0.15) is 30.0 Å². The van der Waals surface area contributed by atoms with Crippen molar-refractivity contribution in [3.8, 4) is 11.5 Å². The molecule has 0 bridgehead atoms. The highest BCUT2D eigenvalue weighted by Gasteiger charge is 2.21. The summed E-state index contributed by atoms with van der Waals surface area (Å²) in [5.74, 6) is 0.576. The number of rotatable bonds is 8. The largest absolute Gasteiger partial charge is 0.497 e. The molecule has 0 fully saturated rings. The van der Waals surface area contributed by atoms with Gasteiger partial charge >= 0.3 is 0 Å². The van der Waals surface area contributed by atoms with Gasteiger partial charge in [0.1, 0.15) is 17.3 Å². The molecule has 5 nitrogen and oxygen atoms in total. The molecular formula is C19H23FN2O3. The Balaban J connectivity index is 2.44. The molecule has 2 aromatic rings. The summed E-state index contributed by atoms with van der Waals surface area (Å²) < 4.78 is 24.4. The number of benzene rings is 2. The fourth-order valence-electron chi connectivity index (χ4n) is 2.59. The van der Waals surface area contributed by atoms with E-state index in [0.29, 0.717) is 36.4 Å². The Morgan fingerprint density at radius 1 is 1.20 bits per heavy atom. The molecule has 6 heteroatoms. The van der Waals surface area contributed by atoms with Crippen molar-refractivity contribution in [1.29, 1.82) is 0 Å². The number of carbonyl (C=O) groups excluding carboxylic acids is 1. The van der Waals surface area contributed by atoms with Crippen molar-refractivity contribution in [3.63, 3.8) is 0 Å². The van der Waals surface area contributed by atoms with E-state index < -0.39 is 11.9 Å². The monoisotopic (exact) mass is 346 g/mol. The molecule has 0 aliphatic rings. The normalized spacial score (nSPS) is 11.7. The number of nitrogens with two attached hydrogens (primary N) is 1. The van der Waals surface area contributed by atoms with E-state index in [2.05, 4.69) is 5.32 Å². The molecule has 1 unspecified atom stereocenters. The van der Waals surface area contributed by atoms with Crippen molar-refractivity contribution in [2.24, 2.45) is 5.73 Å². The van der Waals surface area contributed by atoms with Gasteiger partial charge in [0.25, 0.3) is 0 Å². The molecule has 134 valence electrons. The zero-order chi connectivity index (χ0) is 18.2. The SMILES string of the molecule is COc1cccc(C(NC(=O)CCCN)c2cc(F)ccc2OC)c1. The molecule has 0 saturated heterocycles. The number of methoxy groups -OCH3 is 2. The fraction of sp³-hybridized carbons (Fsp3) is 0.316. The van der Waals surface area contributed by atoms with Crippen molar-refractivity contribution in [2.45, 2.75) is 18.9 Å². The van der Waals surface area contributed by atoms with Gasteiger partial charge in [-0.1, -0.05) is 12.1 Å². The highest BCUT2D eigenvalue weighted by Crippen LogP contribution is 2.32. The average Bonchev–Trinajstić information content (AvgIpc) is 2.64. The zero-order valence-electron chi connectivity index (χ0n) is 14.4. The molecule has 0 saturated carbocycles. The van der Waals surface area contributed by atoms with Crippen LogP contribution in [0.5, 0.6) is 11.5 Å². The lowest BCUT2D eigenvalue weighted by atomic mass is 9.97. The molecule has 0 spiro atoms. The van der Waals surface area contributed by atoms with E-state index in [-0.39, 0.29) is 5.91 Å². The first-order valence-corrected chi connectivity index (χ1v) is 8.06. The van der Waals surface area contributed by atoms with E-state index in [1.54, 1.807) is 25.3 Å². The topological polar surface area (TPSA) is 73.6 Å². The van der Waals surface area contributed by atoms with Crippen LogP contribution in [0.25, 0.3) is 0 Å². The Hall–Kier alpha value is -2.60. The van der Waals surface area contributed by atoms with E-state index in [9.17, 15) is 9.18 Å². The molecule has 2 rings (SSSR count). The van der Waals surface area contributed by atoms with E-state index in [0.717, 1.165) is 5.56 Å². The van der Waals surface area contributed by atoms with Crippen LogP contribution >= 0.6 is 0 Å². The predicted octanol–water partition coefficient (Wildman–Crippen LogP) is 2.79. The van der Waals surface area contributed by atoms with Crippen LogP contribution in [0.3, 0.4) is 0 Å². The predicted molar refractivity (Wildman–Crippen MR) is 94.2 cm³/mol. The van der Waals surface area contributed by atoms with Gasteiger partial charge in [0, 0.05) is 12.0 Å². The summed E-state index contributed by atoms with van der Waals surface area (Å²) in [6.07, 6.45) is 0.881. The van der Waals surface area contributed by atoms with Crippen molar-refractivity contribution >= 4 is 5.91 Å². The quantitative estimate of drug-likeness (QED) is 0.771. The minimum atomic E-state index is -0.564. The summed E-state index contributed by atoms with van der Waals surface area (Å²) in [7, 11) is 3.08. The smallest absolute Gasteiger partial charge is 0.220 e. The Kier molecular flexibility index (Phi) is 6.77. The van der Waals surface area contributed by atoms with Gasteiger partial charge in [0.15, 0.2) is 0 Å². The second-order valence-corrected chi connectivity index (χ2v) is 5.56. The molecule has 0 radical (unpaired) electrons. The van der Waals surface area contributed by atoms with Gasteiger partial charge in [0.2, 0.25) is 5.91 Å². The van der Waals surface area contributed by atoms with Gasteiger partial charge < -0.3 is 20.5 Å². The van der Waals surface area contributed by atoms with Gasteiger partial charge in [-0.05, 0) is 48.9 Å². The second kappa shape index (κ2) is 9.03. The molecule has 3 N–H and O–H groups in total. The van der Waals surface area contributed by atoms with E-state index >= 15 is 0 Å². The third kappa shape index (κ3) is 4.93. The van der Waals surface area contributed by atoms with Crippen LogP contribution in [0.4, 0.5) is 4.39 Å². The van der Waals surface area contributed by atoms with Gasteiger partial charge in [-0.15, -0.1) is 0 Å².